The highest BCUT2D eigenvalue weighted by Gasteiger charge is 1.89. The van der Waals surface area contributed by atoms with Crippen LogP contribution in [0.15, 0.2) is 24.3 Å². The fraction of sp³-hybridized carbons (Fsp3) is 0. The molecule has 0 bridgehead atoms. The predicted octanol–water partition coefficient (Wildman–Crippen LogP) is 1.46. The summed E-state index contributed by atoms with van der Waals surface area (Å²) < 4.78 is 0. The number of nitrogens with two attached hydrogens (primary N) is 2. The van der Waals surface area contributed by atoms with Crippen molar-refractivity contribution >= 4 is 23.2 Å². The Morgan fingerprint density at radius 3 is 1.57 bits per heavy atom. The monoisotopic (exact) mass is 241 g/mol. The van der Waals surface area contributed by atoms with E-state index in [2.05, 4.69) is 11.7 Å². The Kier molecular flexibility index (Phi) is 11.0. The van der Waals surface area contributed by atoms with Crippen LogP contribution in [0.2, 0.25) is 10.0 Å². The molecule has 80 valence electrons. The molecule has 0 saturated carbocycles. The first-order chi connectivity index (χ1) is 6.54. The smallest absolute Gasteiger partial charge is 0.291 e. The lowest BCUT2D eigenvalue weighted by molar-refractivity contribution is -0.742. The Hall–Kier alpha value is -1.08. The van der Waals surface area contributed by atoms with Crippen molar-refractivity contribution in [3.63, 3.8) is 0 Å². The summed E-state index contributed by atoms with van der Waals surface area (Å²) in [5.41, 5.74) is 0. The molecule has 0 aliphatic carbocycles. The molecule has 1 rings (SSSR count). The molecule has 0 aliphatic heterocycles. The molecule has 0 saturated heterocycles. The lowest BCUT2D eigenvalue weighted by Gasteiger charge is -1.88. The highest BCUT2D eigenvalue weighted by atomic mass is 35.5. The van der Waals surface area contributed by atoms with E-state index in [-0.39, 0.29) is 0 Å². The maximum atomic E-state index is 8.36. The highest BCUT2D eigenvalue weighted by Crippen LogP contribution is 2.19. The summed E-state index contributed by atoms with van der Waals surface area (Å²) in [5.74, 6) is 8.00. The van der Waals surface area contributed by atoms with Gasteiger partial charge in [-0.2, -0.15) is 0 Å². The number of hydrogen-bond donors (Lipinski definition) is 3. The second-order valence-electron chi connectivity index (χ2n) is 1.65. The van der Waals surface area contributed by atoms with Crippen LogP contribution < -0.4 is 11.7 Å². The molecular formula is C6H9Cl2N3O3. The van der Waals surface area contributed by atoms with Crippen molar-refractivity contribution in [3.05, 3.63) is 44.4 Å². The zero-order valence-electron chi connectivity index (χ0n) is 6.93. The molecule has 0 heterocycles. The van der Waals surface area contributed by atoms with Crippen LogP contribution in [0, 0.1) is 10.1 Å². The minimum absolute atomic E-state index is 0.606. The van der Waals surface area contributed by atoms with Gasteiger partial charge in [-0.15, -0.1) is 10.1 Å². The third-order valence-corrected chi connectivity index (χ3v) is 1.58. The van der Waals surface area contributed by atoms with E-state index in [1.54, 1.807) is 12.1 Å². The largest absolute Gasteiger partial charge is 0.328 e. The zero-order valence-corrected chi connectivity index (χ0v) is 8.44. The van der Waals surface area contributed by atoms with Gasteiger partial charge in [-0.05, 0) is 12.1 Å². The van der Waals surface area contributed by atoms with Gasteiger partial charge in [0.2, 0.25) is 0 Å². The van der Waals surface area contributed by atoms with E-state index in [0.29, 0.717) is 10.0 Å². The molecule has 0 unspecified atom stereocenters. The fourth-order valence-corrected chi connectivity index (χ4v) is 0.711. The predicted molar refractivity (Wildman–Crippen MR) is 53.6 cm³/mol. The molecule has 0 amide bonds. The van der Waals surface area contributed by atoms with Crippen LogP contribution in [0.4, 0.5) is 0 Å². The van der Waals surface area contributed by atoms with E-state index < -0.39 is 5.09 Å². The molecule has 6 nitrogen and oxygen atoms in total. The van der Waals surface area contributed by atoms with Gasteiger partial charge in [0.15, 0.2) is 0 Å². The van der Waals surface area contributed by atoms with Crippen molar-refractivity contribution < 1.29 is 10.3 Å². The maximum Gasteiger partial charge on any atom is 0.291 e. The molecule has 5 N–H and O–H groups in total. The van der Waals surface area contributed by atoms with E-state index in [1.165, 1.54) is 0 Å². The fourth-order valence-electron chi connectivity index (χ4n) is 0.439. The molecule has 1 aromatic carbocycles. The van der Waals surface area contributed by atoms with Crippen molar-refractivity contribution in [2.24, 2.45) is 11.7 Å². The first-order valence-corrected chi connectivity index (χ1v) is 3.86. The summed E-state index contributed by atoms with van der Waals surface area (Å²) >= 11 is 11.2. The molecular weight excluding hydrogens is 233 g/mol. The molecule has 8 heteroatoms. The lowest BCUT2D eigenvalue weighted by atomic mass is 10.4. The van der Waals surface area contributed by atoms with Crippen molar-refractivity contribution in [1.82, 2.24) is 0 Å². The van der Waals surface area contributed by atoms with E-state index in [4.69, 9.17) is 38.5 Å². The Morgan fingerprint density at radius 2 is 1.43 bits per heavy atom. The van der Waals surface area contributed by atoms with E-state index in [1.807, 2.05) is 12.1 Å². The number of nitrogens with zero attached hydrogens (tertiary/aromatic N) is 1. The van der Waals surface area contributed by atoms with E-state index >= 15 is 0 Å². The first-order valence-electron chi connectivity index (χ1n) is 3.10. The molecule has 0 fully saturated rings. The van der Waals surface area contributed by atoms with Crippen LogP contribution in [0.5, 0.6) is 0 Å². The third kappa shape index (κ3) is 10.9. The van der Waals surface area contributed by atoms with Crippen LogP contribution in [0.1, 0.15) is 0 Å². The van der Waals surface area contributed by atoms with Gasteiger partial charge < -0.3 is 5.21 Å². The lowest BCUT2D eigenvalue weighted by Crippen LogP contribution is -2.02. The van der Waals surface area contributed by atoms with Crippen LogP contribution in [-0.2, 0) is 0 Å². The first kappa shape index (κ1) is 15.4. The Morgan fingerprint density at radius 1 is 1.21 bits per heavy atom. The van der Waals surface area contributed by atoms with Crippen molar-refractivity contribution in [1.29, 1.82) is 0 Å². The van der Waals surface area contributed by atoms with Crippen molar-refractivity contribution in [2.75, 3.05) is 0 Å². The van der Waals surface area contributed by atoms with Gasteiger partial charge in [-0.25, -0.2) is 0 Å². The average Bonchev–Trinajstić information content (AvgIpc) is 2.13. The van der Waals surface area contributed by atoms with Crippen LogP contribution >= 0.6 is 23.2 Å². The van der Waals surface area contributed by atoms with Crippen molar-refractivity contribution in [2.45, 2.75) is 0 Å². The standard InChI is InChI=1S/C6H4Cl2.H4N2.HNO3/c7-5-3-1-2-4-6(5)8;1-2;2-1(3)4/h1-4H;1-2H2;(H,2,3,4). The Labute approximate surface area is 90.1 Å². The number of hydrazine groups is 1. The highest BCUT2D eigenvalue weighted by molar-refractivity contribution is 6.41. The van der Waals surface area contributed by atoms with E-state index in [0.717, 1.165) is 0 Å². The summed E-state index contributed by atoms with van der Waals surface area (Å²) in [4.78, 5) is 8.36. The summed E-state index contributed by atoms with van der Waals surface area (Å²) in [6.45, 7) is 0. The van der Waals surface area contributed by atoms with Gasteiger partial charge in [0, 0.05) is 0 Å². The minimum Gasteiger partial charge on any atom is -0.328 e. The number of benzene rings is 1. The molecule has 0 aliphatic rings. The molecule has 0 aromatic heterocycles. The summed E-state index contributed by atoms with van der Waals surface area (Å²) in [7, 11) is 0. The van der Waals surface area contributed by atoms with Gasteiger partial charge in [0.1, 0.15) is 0 Å². The normalized spacial score (nSPS) is 7.43. The Bertz CT molecular complexity index is 247. The number of rotatable bonds is 0. The molecule has 14 heavy (non-hydrogen) atoms. The average molecular weight is 242 g/mol. The molecule has 0 atom stereocenters. The van der Waals surface area contributed by atoms with Gasteiger partial charge >= 0.3 is 0 Å². The number of halogens is 2. The quantitative estimate of drug-likeness (QED) is 0.362. The van der Waals surface area contributed by atoms with Gasteiger partial charge in [-0.3, -0.25) is 11.7 Å². The van der Waals surface area contributed by atoms with Crippen LogP contribution in [0.3, 0.4) is 0 Å². The third-order valence-electron chi connectivity index (χ3n) is 0.824. The topological polar surface area (TPSA) is 115 Å². The summed E-state index contributed by atoms with van der Waals surface area (Å²) in [5, 5.41) is 14.9. The SMILES string of the molecule is Clc1ccccc1Cl.NN.O=[N+]([O-])O. The van der Waals surface area contributed by atoms with Crippen LogP contribution in [-0.4, -0.2) is 10.3 Å². The Balaban J connectivity index is 0. The minimum atomic E-state index is -1.50. The van der Waals surface area contributed by atoms with Gasteiger partial charge in [0.05, 0.1) is 10.0 Å². The van der Waals surface area contributed by atoms with Gasteiger partial charge in [-0.1, -0.05) is 35.3 Å². The summed E-state index contributed by atoms with van der Waals surface area (Å²) in [6, 6.07) is 7.19. The van der Waals surface area contributed by atoms with E-state index in [9.17, 15) is 0 Å². The summed E-state index contributed by atoms with van der Waals surface area (Å²) in [6.07, 6.45) is 0. The second kappa shape index (κ2) is 10.0. The molecule has 0 spiro atoms. The molecule has 1 aromatic rings. The van der Waals surface area contributed by atoms with Crippen LogP contribution in [0.25, 0.3) is 0 Å². The molecule has 0 radical (unpaired) electrons. The van der Waals surface area contributed by atoms with Gasteiger partial charge in [0.25, 0.3) is 5.09 Å². The maximum absolute atomic E-state index is 8.36. The zero-order chi connectivity index (χ0) is 11.6. The second-order valence-corrected chi connectivity index (χ2v) is 2.47. The van der Waals surface area contributed by atoms with Crippen molar-refractivity contribution in [3.8, 4) is 0 Å². The number of hydrogen-bond acceptors (Lipinski definition) is 4.